The number of rotatable bonds is 8. The van der Waals surface area contributed by atoms with Crippen LogP contribution in [0.1, 0.15) is 64.1 Å². The van der Waals surface area contributed by atoms with E-state index in [0.29, 0.717) is 12.4 Å². The van der Waals surface area contributed by atoms with E-state index in [-0.39, 0.29) is 29.7 Å². The Labute approximate surface area is 204 Å². The highest BCUT2D eigenvalue weighted by Gasteiger charge is 2.28. The summed E-state index contributed by atoms with van der Waals surface area (Å²) in [5.41, 5.74) is 2.73. The summed E-state index contributed by atoms with van der Waals surface area (Å²) in [7, 11) is 3.97. The van der Waals surface area contributed by atoms with E-state index >= 15 is 0 Å². The van der Waals surface area contributed by atoms with Crippen molar-refractivity contribution in [2.75, 3.05) is 39.0 Å². The summed E-state index contributed by atoms with van der Waals surface area (Å²) < 4.78 is 1.81. The van der Waals surface area contributed by atoms with Crippen LogP contribution in [-0.4, -0.2) is 65.1 Å². The Balaban J connectivity index is 1.82. The van der Waals surface area contributed by atoms with E-state index in [1.54, 1.807) is 9.58 Å². The SMILES string of the molecule is Cc1ccccc1-n1nc(C(C)(C)C)cc1NC(=O)CN(CCN(C)C)C(=O)C1CCCCC1. The van der Waals surface area contributed by atoms with Gasteiger partial charge in [-0.15, -0.1) is 0 Å². The van der Waals surface area contributed by atoms with Crippen LogP contribution in [0.4, 0.5) is 5.82 Å². The number of likely N-dealkylation sites (N-methyl/N-ethyl adjacent to an activating group) is 1. The van der Waals surface area contributed by atoms with Gasteiger partial charge in [-0.3, -0.25) is 9.59 Å². The van der Waals surface area contributed by atoms with E-state index in [0.717, 1.165) is 49.2 Å². The van der Waals surface area contributed by atoms with E-state index in [4.69, 9.17) is 5.10 Å². The Morgan fingerprint density at radius 2 is 1.76 bits per heavy atom. The Kier molecular flexibility index (Phi) is 8.52. The Morgan fingerprint density at radius 3 is 2.38 bits per heavy atom. The first kappa shape index (κ1) is 25.9. The number of hydrogen-bond acceptors (Lipinski definition) is 4. The maximum absolute atomic E-state index is 13.3. The number of benzene rings is 1. The van der Waals surface area contributed by atoms with Crippen molar-refractivity contribution in [1.29, 1.82) is 0 Å². The largest absolute Gasteiger partial charge is 0.332 e. The van der Waals surface area contributed by atoms with Crippen LogP contribution < -0.4 is 5.32 Å². The second kappa shape index (κ2) is 11.2. The number of anilines is 1. The molecule has 1 aromatic carbocycles. The molecular formula is C27H41N5O2. The number of nitrogens with one attached hydrogen (secondary N) is 1. The van der Waals surface area contributed by atoms with Gasteiger partial charge in [-0.05, 0) is 45.5 Å². The van der Waals surface area contributed by atoms with Crippen molar-refractivity contribution < 1.29 is 9.59 Å². The summed E-state index contributed by atoms with van der Waals surface area (Å²) in [6.45, 7) is 9.66. The number of nitrogens with zero attached hydrogens (tertiary/aromatic N) is 4. The predicted molar refractivity (Wildman–Crippen MR) is 137 cm³/mol. The van der Waals surface area contributed by atoms with Crippen LogP contribution >= 0.6 is 0 Å². The van der Waals surface area contributed by atoms with Crippen LogP contribution in [0.25, 0.3) is 5.69 Å². The molecule has 3 rings (SSSR count). The molecule has 1 aliphatic carbocycles. The number of carbonyl (C=O) groups excluding carboxylic acids is 2. The third kappa shape index (κ3) is 6.69. The number of para-hydroxylation sites is 1. The standard InChI is InChI=1S/C27H41N5O2/c1-20-12-10-11-15-22(20)32-24(18-23(29-32)27(2,3)4)28-25(33)19-31(17-16-30(5)6)26(34)21-13-8-7-9-14-21/h10-12,15,18,21H,7-9,13-14,16-17,19H2,1-6H3,(H,28,33). The van der Waals surface area contributed by atoms with Crippen LogP contribution in [0.5, 0.6) is 0 Å². The molecule has 0 radical (unpaired) electrons. The van der Waals surface area contributed by atoms with E-state index in [1.807, 2.05) is 56.3 Å². The summed E-state index contributed by atoms with van der Waals surface area (Å²) in [4.78, 5) is 30.3. The highest BCUT2D eigenvalue weighted by atomic mass is 16.2. The number of aromatic nitrogens is 2. The molecule has 0 bridgehead atoms. The normalized spacial score (nSPS) is 14.9. The van der Waals surface area contributed by atoms with Gasteiger partial charge in [-0.25, -0.2) is 4.68 Å². The first-order chi connectivity index (χ1) is 16.1. The lowest BCUT2D eigenvalue weighted by molar-refractivity contribution is -0.139. The van der Waals surface area contributed by atoms with Crippen molar-refractivity contribution in [3.8, 4) is 5.69 Å². The van der Waals surface area contributed by atoms with E-state index in [2.05, 4.69) is 26.1 Å². The molecular weight excluding hydrogens is 426 g/mol. The minimum atomic E-state index is -0.196. The highest BCUT2D eigenvalue weighted by Crippen LogP contribution is 2.28. The maximum Gasteiger partial charge on any atom is 0.245 e. The van der Waals surface area contributed by atoms with Gasteiger partial charge in [-0.1, -0.05) is 58.2 Å². The number of hydrogen-bond donors (Lipinski definition) is 1. The molecule has 2 amide bonds. The summed E-state index contributed by atoms with van der Waals surface area (Å²) in [5.74, 6) is 0.577. The molecule has 0 spiro atoms. The Morgan fingerprint density at radius 1 is 1.09 bits per heavy atom. The maximum atomic E-state index is 13.3. The van der Waals surface area contributed by atoms with Crippen molar-refractivity contribution in [2.24, 2.45) is 5.92 Å². The lowest BCUT2D eigenvalue weighted by Gasteiger charge is -2.29. The van der Waals surface area contributed by atoms with Crippen molar-refractivity contribution in [3.63, 3.8) is 0 Å². The third-order valence-corrected chi connectivity index (χ3v) is 6.51. The van der Waals surface area contributed by atoms with Gasteiger partial charge in [0.15, 0.2) is 0 Å². The van der Waals surface area contributed by atoms with Crippen LogP contribution in [0, 0.1) is 12.8 Å². The summed E-state index contributed by atoms with van der Waals surface area (Å²) in [6, 6.07) is 9.94. The van der Waals surface area contributed by atoms with E-state index < -0.39 is 0 Å². The second-order valence-electron chi connectivity index (χ2n) is 10.8. The lowest BCUT2D eigenvalue weighted by atomic mass is 9.88. The third-order valence-electron chi connectivity index (χ3n) is 6.51. The summed E-state index contributed by atoms with van der Waals surface area (Å²) >= 11 is 0. The fraction of sp³-hybridized carbons (Fsp3) is 0.593. The van der Waals surface area contributed by atoms with Gasteiger partial charge in [0.25, 0.3) is 0 Å². The molecule has 7 nitrogen and oxygen atoms in total. The van der Waals surface area contributed by atoms with Gasteiger partial charge in [0.2, 0.25) is 11.8 Å². The molecule has 1 aliphatic rings. The molecule has 186 valence electrons. The van der Waals surface area contributed by atoms with E-state index in [1.165, 1.54) is 6.42 Å². The van der Waals surface area contributed by atoms with Gasteiger partial charge >= 0.3 is 0 Å². The molecule has 2 aromatic rings. The fourth-order valence-corrected chi connectivity index (χ4v) is 4.37. The quantitative estimate of drug-likeness (QED) is 0.625. The Bertz CT molecular complexity index is 983. The fourth-order valence-electron chi connectivity index (χ4n) is 4.37. The molecule has 7 heteroatoms. The minimum absolute atomic E-state index is 0.0358. The van der Waals surface area contributed by atoms with Gasteiger partial charge < -0.3 is 15.1 Å². The number of amides is 2. The number of aryl methyl sites for hydroxylation is 1. The van der Waals surface area contributed by atoms with Crippen LogP contribution in [0.15, 0.2) is 30.3 Å². The summed E-state index contributed by atoms with van der Waals surface area (Å²) in [5, 5.41) is 7.89. The molecule has 0 atom stereocenters. The van der Waals surface area contributed by atoms with Crippen molar-refractivity contribution >= 4 is 17.6 Å². The average Bonchev–Trinajstić information content (AvgIpc) is 3.21. The highest BCUT2D eigenvalue weighted by molar-refractivity contribution is 5.94. The smallest absolute Gasteiger partial charge is 0.245 e. The molecule has 1 saturated carbocycles. The molecule has 1 aromatic heterocycles. The second-order valence-corrected chi connectivity index (χ2v) is 10.8. The zero-order chi connectivity index (χ0) is 24.9. The van der Waals surface area contributed by atoms with Crippen LogP contribution in [0.3, 0.4) is 0 Å². The van der Waals surface area contributed by atoms with E-state index in [9.17, 15) is 9.59 Å². The average molecular weight is 468 g/mol. The molecule has 0 aliphatic heterocycles. The molecule has 1 heterocycles. The van der Waals surface area contributed by atoms with Crippen LogP contribution in [0.2, 0.25) is 0 Å². The topological polar surface area (TPSA) is 70.5 Å². The molecule has 0 unspecified atom stereocenters. The van der Waals surface area contributed by atoms with Crippen molar-refractivity contribution in [1.82, 2.24) is 19.6 Å². The molecule has 34 heavy (non-hydrogen) atoms. The number of carbonyl (C=O) groups is 2. The molecule has 0 saturated heterocycles. The first-order valence-electron chi connectivity index (χ1n) is 12.5. The van der Waals surface area contributed by atoms with Crippen LogP contribution in [-0.2, 0) is 15.0 Å². The monoisotopic (exact) mass is 467 g/mol. The predicted octanol–water partition coefficient (Wildman–Crippen LogP) is 4.39. The first-order valence-corrected chi connectivity index (χ1v) is 12.5. The van der Waals surface area contributed by atoms with Gasteiger partial charge in [0.1, 0.15) is 5.82 Å². The van der Waals surface area contributed by atoms with Crippen molar-refractivity contribution in [2.45, 2.75) is 65.2 Å². The van der Waals surface area contributed by atoms with Gasteiger partial charge in [0.05, 0.1) is 17.9 Å². The van der Waals surface area contributed by atoms with Gasteiger partial charge in [0, 0.05) is 30.5 Å². The Hall–Kier alpha value is -2.67. The van der Waals surface area contributed by atoms with Gasteiger partial charge in [-0.2, -0.15) is 5.10 Å². The zero-order valence-corrected chi connectivity index (χ0v) is 21.7. The van der Waals surface area contributed by atoms with Crippen molar-refractivity contribution in [3.05, 3.63) is 41.6 Å². The zero-order valence-electron chi connectivity index (χ0n) is 21.7. The molecule has 1 N–H and O–H groups in total. The minimum Gasteiger partial charge on any atom is -0.332 e. The molecule has 1 fully saturated rings. The lowest BCUT2D eigenvalue weighted by Crippen LogP contribution is -2.44. The summed E-state index contributed by atoms with van der Waals surface area (Å²) in [6.07, 6.45) is 5.23.